The Kier molecular flexibility index (Phi) is 4.07. The normalized spacial score (nSPS) is 12.7. The summed E-state index contributed by atoms with van der Waals surface area (Å²) in [4.78, 5) is 3.24. The fourth-order valence-corrected chi connectivity index (χ4v) is 1.96. The zero-order chi connectivity index (χ0) is 13.1. The van der Waals surface area contributed by atoms with Crippen molar-refractivity contribution in [3.8, 4) is 0 Å². The van der Waals surface area contributed by atoms with E-state index in [0.717, 1.165) is 18.3 Å². The first-order valence-electron chi connectivity index (χ1n) is 4.37. The fourth-order valence-electron chi connectivity index (χ4n) is 0.894. The maximum atomic E-state index is 13.1. The van der Waals surface area contributed by atoms with E-state index >= 15 is 0 Å². The number of pyridine rings is 1. The number of aliphatic hydroxyl groups excluding tert-OH is 1. The van der Waals surface area contributed by atoms with Crippen LogP contribution >= 0.6 is 0 Å². The Morgan fingerprint density at radius 3 is 2.65 bits per heavy atom. The highest BCUT2D eigenvalue weighted by Crippen LogP contribution is 2.14. The van der Waals surface area contributed by atoms with Crippen LogP contribution in [0.3, 0.4) is 0 Å². The van der Waals surface area contributed by atoms with Crippen LogP contribution in [-0.4, -0.2) is 37.6 Å². The smallest absolute Gasteiger partial charge is 0.283 e. The van der Waals surface area contributed by atoms with Gasteiger partial charge in [-0.1, -0.05) is 0 Å². The van der Waals surface area contributed by atoms with Crippen LogP contribution in [0.15, 0.2) is 23.4 Å². The van der Waals surface area contributed by atoms with Gasteiger partial charge in [0.05, 0.1) is 6.54 Å². The molecule has 0 fully saturated rings. The minimum atomic E-state index is -4.46. The molecule has 0 radical (unpaired) electrons. The average molecular weight is 270 g/mol. The van der Waals surface area contributed by atoms with Gasteiger partial charge in [0.25, 0.3) is 15.9 Å². The molecule has 0 saturated heterocycles. The molecule has 1 rings (SSSR count). The molecular formula is C8H9F3N2O3S. The molecule has 0 unspecified atom stereocenters. The molecule has 0 amide bonds. The highest BCUT2D eigenvalue weighted by Gasteiger charge is 2.31. The summed E-state index contributed by atoms with van der Waals surface area (Å²) in [7, 11) is -4.46. The van der Waals surface area contributed by atoms with Gasteiger partial charge in [-0.15, -0.1) is 0 Å². The van der Waals surface area contributed by atoms with Crippen LogP contribution in [0.2, 0.25) is 0 Å². The average Bonchev–Trinajstić information content (AvgIpc) is 2.27. The lowest BCUT2D eigenvalue weighted by Gasteiger charge is -2.13. The summed E-state index contributed by atoms with van der Waals surface area (Å²) in [5.74, 6) is -4.76. The Morgan fingerprint density at radius 2 is 2.12 bits per heavy atom. The number of sulfonamides is 1. The van der Waals surface area contributed by atoms with Crippen molar-refractivity contribution in [2.24, 2.45) is 0 Å². The minimum absolute atomic E-state index is 0.839. The van der Waals surface area contributed by atoms with Crippen molar-refractivity contribution in [3.63, 3.8) is 0 Å². The monoisotopic (exact) mass is 270 g/mol. The molecule has 1 aromatic rings. The van der Waals surface area contributed by atoms with Gasteiger partial charge in [0.2, 0.25) is 5.03 Å². The topological polar surface area (TPSA) is 79.3 Å². The van der Waals surface area contributed by atoms with E-state index in [1.54, 1.807) is 0 Å². The van der Waals surface area contributed by atoms with Crippen LogP contribution in [0.5, 0.6) is 0 Å². The molecule has 1 aromatic heterocycles. The van der Waals surface area contributed by atoms with Crippen molar-refractivity contribution in [2.45, 2.75) is 10.9 Å². The Hall–Kier alpha value is -1.19. The maximum Gasteiger partial charge on any atom is 0.283 e. The Balaban J connectivity index is 2.88. The summed E-state index contributed by atoms with van der Waals surface area (Å²) in [6.07, 6.45) is 1.02. The highest BCUT2D eigenvalue weighted by atomic mass is 32.2. The predicted molar refractivity (Wildman–Crippen MR) is 51.4 cm³/mol. The van der Waals surface area contributed by atoms with E-state index in [9.17, 15) is 21.6 Å². The Morgan fingerprint density at radius 1 is 1.47 bits per heavy atom. The number of aliphatic hydroxyl groups is 1. The SMILES string of the molecule is O=S(=O)(NCC(F)(F)CO)c1ncccc1F. The minimum Gasteiger partial charge on any atom is -0.390 e. The van der Waals surface area contributed by atoms with Crippen molar-refractivity contribution in [1.29, 1.82) is 0 Å². The third kappa shape index (κ3) is 3.65. The summed E-state index contributed by atoms with van der Waals surface area (Å²) in [5, 5.41) is 7.28. The number of nitrogens with one attached hydrogen (secondary N) is 1. The van der Waals surface area contributed by atoms with Crippen molar-refractivity contribution >= 4 is 10.0 Å². The van der Waals surface area contributed by atoms with Crippen molar-refractivity contribution in [1.82, 2.24) is 9.71 Å². The van der Waals surface area contributed by atoms with Gasteiger partial charge < -0.3 is 5.11 Å². The quantitative estimate of drug-likeness (QED) is 0.797. The molecule has 0 aliphatic rings. The number of halogens is 3. The van der Waals surface area contributed by atoms with Crippen LogP contribution in [0.4, 0.5) is 13.2 Å². The molecule has 0 atom stereocenters. The largest absolute Gasteiger partial charge is 0.390 e. The summed E-state index contributed by atoms with van der Waals surface area (Å²) >= 11 is 0. The first-order chi connectivity index (χ1) is 7.78. The van der Waals surface area contributed by atoms with E-state index in [2.05, 4.69) is 4.98 Å². The molecule has 0 bridgehead atoms. The van der Waals surface area contributed by atoms with Crippen molar-refractivity contribution in [3.05, 3.63) is 24.1 Å². The molecule has 0 aromatic carbocycles. The third-order valence-electron chi connectivity index (χ3n) is 1.73. The molecule has 0 saturated carbocycles. The number of hydrogen-bond donors (Lipinski definition) is 2. The Bertz CT molecular complexity index is 493. The number of aromatic nitrogens is 1. The van der Waals surface area contributed by atoms with E-state index in [4.69, 9.17) is 5.11 Å². The summed E-state index contributed by atoms with van der Waals surface area (Å²) in [6.45, 7) is -2.85. The van der Waals surface area contributed by atoms with Gasteiger partial charge in [-0.2, -0.15) is 0 Å². The second kappa shape index (κ2) is 4.98. The van der Waals surface area contributed by atoms with Gasteiger partial charge >= 0.3 is 0 Å². The van der Waals surface area contributed by atoms with E-state index < -0.39 is 39.9 Å². The zero-order valence-corrected chi connectivity index (χ0v) is 9.22. The number of rotatable bonds is 5. The van der Waals surface area contributed by atoms with Crippen molar-refractivity contribution in [2.75, 3.05) is 13.2 Å². The summed E-state index contributed by atoms with van der Waals surface area (Å²) in [5.41, 5.74) is 0. The number of alkyl halides is 2. The van der Waals surface area contributed by atoms with Crippen LogP contribution < -0.4 is 4.72 Å². The summed E-state index contributed by atoms with van der Waals surface area (Å²) < 4.78 is 62.5. The van der Waals surface area contributed by atoms with Gasteiger partial charge in [-0.05, 0) is 12.1 Å². The molecule has 0 aliphatic heterocycles. The molecular weight excluding hydrogens is 261 g/mol. The molecule has 1 heterocycles. The van der Waals surface area contributed by atoms with E-state index in [1.165, 1.54) is 4.72 Å². The maximum absolute atomic E-state index is 13.1. The van der Waals surface area contributed by atoms with Gasteiger partial charge in [0, 0.05) is 6.20 Å². The third-order valence-corrected chi connectivity index (χ3v) is 3.07. The lowest BCUT2D eigenvalue weighted by atomic mass is 10.4. The fraction of sp³-hybridized carbons (Fsp3) is 0.375. The van der Waals surface area contributed by atoms with E-state index in [-0.39, 0.29) is 0 Å². The summed E-state index contributed by atoms with van der Waals surface area (Å²) in [6, 6.07) is 2.00. The van der Waals surface area contributed by atoms with Crippen LogP contribution in [0, 0.1) is 5.82 Å². The molecule has 9 heteroatoms. The molecule has 17 heavy (non-hydrogen) atoms. The molecule has 0 spiro atoms. The standard InChI is InChI=1S/C8H9F3N2O3S/c9-6-2-1-3-12-7(6)17(15,16)13-4-8(10,11)5-14/h1-3,13-14H,4-5H2. The predicted octanol–water partition coefficient (Wildman–Crippen LogP) is 0.127. The molecule has 96 valence electrons. The second-order valence-electron chi connectivity index (χ2n) is 3.13. The molecule has 2 N–H and O–H groups in total. The van der Waals surface area contributed by atoms with Gasteiger partial charge in [-0.3, -0.25) is 0 Å². The molecule has 0 aliphatic carbocycles. The van der Waals surface area contributed by atoms with Crippen LogP contribution in [0.1, 0.15) is 0 Å². The second-order valence-corrected chi connectivity index (χ2v) is 4.81. The number of hydrogen-bond acceptors (Lipinski definition) is 4. The van der Waals surface area contributed by atoms with E-state index in [0.29, 0.717) is 0 Å². The first-order valence-corrected chi connectivity index (χ1v) is 5.86. The van der Waals surface area contributed by atoms with Crippen LogP contribution in [0.25, 0.3) is 0 Å². The number of nitrogens with zero attached hydrogens (tertiary/aromatic N) is 1. The Labute approximate surface area is 95.3 Å². The van der Waals surface area contributed by atoms with Gasteiger partial charge in [0.15, 0.2) is 5.82 Å². The van der Waals surface area contributed by atoms with Gasteiger partial charge in [0.1, 0.15) is 6.61 Å². The van der Waals surface area contributed by atoms with Crippen molar-refractivity contribution < 1.29 is 26.7 Å². The zero-order valence-electron chi connectivity index (χ0n) is 8.40. The first kappa shape index (κ1) is 13.9. The lowest BCUT2D eigenvalue weighted by Crippen LogP contribution is -2.39. The van der Waals surface area contributed by atoms with Crippen LogP contribution in [-0.2, 0) is 10.0 Å². The lowest BCUT2D eigenvalue weighted by molar-refractivity contribution is -0.0437. The van der Waals surface area contributed by atoms with Gasteiger partial charge in [-0.25, -0.2) is 31.3 Å². The molecule has 5 nitrogen and oxygen atoms in total. The highest BCUT2D eigenvalue weighted by molar-refractivity contribution is 7.89. The van der Waals surface area contributed by atoms with E-state index in [1.807, 2.05) is 0 Å².